The van der Waals surface area contributed by atoms with E-state index >= 15 is 0 Å². The van der Waals surface area contributed by atoms with Crippen molar-refractivity contribution in [1.29, 1.82) is 0 Å². The maximum Gasteiger partial charge on any atom is 0.331 e. The molecule has 1 heterocycles. The van der Waals surface area contributed by atoms with E-state index in [4.69, 9.17) is 4.74 Å². The number of aliphatic hydroxyl groups excluding tert-OH is 1. The van der Waals surface area contributed by atoms with Gasteiger partial charge in [-0.2, -0.15) is 0 Å². The second-order valence-electron chi connectivity index (χ2n) is 4.14. The minimum absolute atomic E-state index is 0.114. The summed E-state index contributed by atoms with van der Waals surface area (Å²) in [6.07, 6.45) is 5.08. The molecule has 4 heteroatoms. The molecule has 0 saturated carbocycles. The van der Waals surface area contributed by atoms with Crippen LogP contribution in [-0.2, 0) is 14.3 Å². The highest BCUT2D eigenvalue weighted by molar-refractivity contribution is 5.98. The van der Waals surface area contributed by atoms with Crippen LogP contribution < -0.4 is 0 Å². The van der Waals surface area contributed by atoms with Crippen molar-refractivity contribution < 1.29 is 19.4 Å². The SMILES string of the molecule is C[C@@H]1CCCCC[C@@H](O)C(=O)/C=C\C(=O)O1. The Kier molecular flexibility index (Phi) is 5.19. The molecule has 1 aliphatic rings. The van der Waals surface area contributed by atoms with Gasteiger partial charge < -0.3 is 9.84 Å². The van der Waals surface area contributed by atoms with Crippen LogP contribution in [-0.4, -0.2) is 29.1 Å². The van der Waals surface area contributed by atoms with Crippen molar-refractivity contribution in [3.63, 3.8) is 0 Å². The molecule has 0 spiro atoms. The van der Waals surface area contributed by atoms with Gasteiger partial charge in [-0.3, -0.25) is 4.79 Å². The molecule has 0 amide bonds. The average Bonchev–Trinajstić information content (AvgIpc) is 2.23. The van der Waals surface area contributed by atoms with Crippen LogP contribution >= 0.6 is 0 Å². The number of aliphatic hydroxyl groups is 1. The zero-order chi connectivity index (χ0) is 12.0. The number of rotatable bonds is 0. The van der Waals surface area contributed by atoms with E-state index in [1.54, 1.807) is 0 Å². The van der Waals surface area contributed by atoms with Crippen molar-refractivity contribution >= 4 is 11.8 Å². The minimum Gasteiger partial charge on any atom is -0.460 e. The van der Waals surface area contributed by atoms with Crippen LogP contribution in [0.5, 0.6) is 0 Å². The van der Waals surface area contributed by atoms with Gasteiger partial charge in [0.05, 0.1) is 6.10 Å². The van der Waals surface area contributed by atoms with Crippen LogP contribution in [0, 0.1) is 0 Å². The molecule has 0 saturated heterocycles. The molecule has 4 nitrogen and oxygen atoms in total. The Labute approximate surface area is 95.3 Å². The normalized spacial score (nSPS) is 31.1. The van der Waals surface area contributed by atoms with Crippen LogP contribution in [0.15, 0.2) is 12.2 Å². The molecule has 16 heavy (non-hydrogen) atoms. The fraction of sp³-hybridized carbons (Fsp3) is 0.667. The Balaban J connectivity index is 2.61. The third-order valence-corrected chi connectivity index (χ3v) is 2.62. The van der Waals surface area contributed by atoms with E-state index in [1.165, 1.54) is 0 Å². The second kappa shape index (κ2) is 6.43. The first-order valence-electron chi connectivity index (χ1n) is 5.70. The van der Waals surface area contributed by atoms with Gasteiger partial charge in [0.25, 0.3) is 0 Å². The van der Waals surface area contributed by atoms with Crippen molar-refractivity contribution in [2.75, 3.05) is 0 Å². The Morgan fingerprint density at radius 1 is 1.19 bits per heavy atom. The summed E-state index contributed by atoms with van der Waals surface area (Å²) >= 11 is 0. The molecule has 1 aliphatic heterocycles. The third-order valence-electron chi connectivity index (χ3n) is 2.62. The molecular weight excluding hydrogens is 208 g/mol. The predicted octanol–water partition coefficient (Wildman–Crippen LogP) is 1.37. The van der Waals surface area contributed by atoms with Crippen LogP contribution in [0.2, 0.25) is 0 Å². The number of carbonyl (C=O) groups excluding carboxylic acids is 2. The highest BCUT2D eigenvalue weighted by Crippen LogP contribution is 2.11. The number of ether oxygens (including phenoxy) is 1. The van der Waals surface area contributed by atoms with E-state index in [1.807, 2.05) is 6.92 Å². The van der Waals surface area contributed by atoms with Crippen molar-refractivity contribution in [2.24, 2.45) is 0 Å². The molecule has 2 atom stereocenters. The summed E-state index contributed by atoms with van der Waals surface area (Å²) in [7, 11) is 0. The summed E-state index contributed by atoms with van der Waals surface area (Å²) in [6, 6.07) is 0. The van der Waals surface area contributed by atoms with Gasteiger partial charge in [0.15, 0.2) is 5.78 Å². The molecule has 0 aromatic carbocycles. The van der Waals surface area contributed by atoms with Gasteiger partial charge in [-0.25, -0.2) is 4.79 Å². The van der Waals surface area contributed by atoms with Crippen LogP contribution in [0.1, 0.15) is 39.0 Å². The lowest BCUT2D eigenvalue weighted by Gasteiger charge is -2.13. The first-order chi connectivity index (χ1) is 7.59. The van der Waals surface area contributed by atoms with Gasteiger partial charge >= 0.3 is 5.97 Å². The fourth-order valence-corrected chi connectivity index (χ4v) is 1.65. The number of ketones is 1. The fourth-order valence-electron chi connectivity index (χ4n) is 1.65. The van der Waals surface area contributed by atoms with E-state index in [2.05, 4.69) is 0 Å². The molecule has 1 N–H and O–H groups in total. The molecule has 90 valence electrons. The van der Waals surface area contributed by atoms with Gasteiger partial charge in [0.1, 0.15) is 6.10 Å². The van der Waals surface area contributed by atoms with Crippen molar-refractivity contribution in [2.45, 2.75) is 51.2 Å². The zero-order valence-electron chi connectivity index (χ0n) is 9.52. The Hall–Kier alpha value is -1.16. The van der Waals surface area contributed by atoms with Crippen LogP contribution in [0.3, 0.4) is 0 Å². The Bertz CT molecular complexity index is 283. The largest absolute Gasteiger partial charge is 0.460 e. The number of hydrogen-bond donors (Lipinski definition) is 1. The van der Waals surface area contributed by atoms with Crippen molar-refractivity contribution in [3.8, 4) is 0 Å². The number of carbonyl (C=O) groups is 2. The highest BCUT2D eigenvalue weighted by atomic mass is 16.5. The lowest BCUT2D eigenvalue weighted by Crippen LogP contribution is -2.20. The molecule has 0 fully saturated rings. The minimum atomic E-state index is -0.985. The van der Waals surface area contributed by atoms with E-state index in [-0.39, 0.29) is 6.10 Å². The lowest BCUT2D eigenvalue weighted by molar-refractivity contribution is -0.142. The summed E-state index contributed by atoms with van der Waals surface area (Å²) in [6.45, 7) is 1.84. The van der Waals surface area contributed by atoms with Crippen molar-refractivity contribution in [1.82, 2.24) is 0 Å². The molecule has 0 bridgehead atoms. The summed E-state index contributed by atoms with van der Waals surface area (Å²) in [5, 5.41) is 9.45. The first kappa shape index (κ1) is 12.9. The van der Waals surface area contributed by atoms with E-state index in [9.17, 15) is 14.7 Å². The molecule has 0 aliphatic carbocycles. The Morgan fingerprint density at radius 2 is 1.88 bits per heavy atom. The van der Waals surface area contributed by atoms with Crippen molar-refractivity contribution in [3.05, 3.63) is 12.2 Å². The highest BCUT2D eigenvalue weighted by Gasteiger charge is 2.14. The van der Waals surface area contributed by atoms with Crippen LogP contribution in [0.4, 0.5) is 0 Å². The van der Waals surface area contributed by atoms with Gasteiger partial charge in [-0.15, -0.1) is 0 Å². The van der Waals surface area contributed by atoms with Gasteiger partial charge in [0.2, 0.25) is 0 Å². The van der Waals surface area contributed by atoms with Gasteiger partial charge in [0, 0.05) is 6.08 Å². The summed E-state index contributed by atoms with van der Waals surface area (Å²) in [5.41, 5.74) is 0. The molecular formula is C12H18O4. The first-order valence-corrected chi connectivity index (χ1v) is 5.70. The third kappa shape index (κ3) is 4.57. The standard InChI is InChI=1S/C12H18O4/c1-9-5-3-2-4-6-10(13)11(14)7-8-12(15)16-9/h7-10,13H,2-6H2,1H3/b8-7-/t9-,10-/m1/s1. The maximum absolute atomic E-state index is 11.3. The molecule has 0 aromatic rings. The summed E-state index contributed by atoms with van der Waals surface area (Å²) in [4.78, 5) is 22.5. The van der Waals surface area contributed by atoms with Gasteiger partial charge in [-0.1, -0.05) is 12.8 Å². The topological polar surface area (TPSA) is 63.6 Å². The molecule has 0 unspecified atom stereocenters. The van der Waals surface area contributed by atoms with E-state index < -0.39 is 17.9 Å². The lowest BCUT2D eigenvalue weighted by atomic mass is 10.0. The average molecular weight is 226 g/mol. The second-order valence-corrected chi connectivity index (χ2v) is 4.14. The number of hydrogen-bond acceptors (Lipinski definition) is 4. The zero-order valence-corrected chi connectivity index (χ0v) is 9.52. The molecule has 0 radical (unpaired) electrons. The predicted molar refractivity (Wildman–Crippen MR) is 58.8 cm³/mol. The molecule has 0 aromatic heterocycles. The number of esters is 1. The monoisotopic (exact) mass is 226 g/mol. The summed E-state index contributed by atoms with van der Waals surface area (Å²) in [5.74, 6) is -0.946. The smallest absolute Gasteiger partial charge is 0.331 e. The number of cyclic esters (lactones) is 1. The Morgan fingerprint density at radius 3 is 2.62 bits per heavy atom. The van der Waals surface area contributed by atoms with E-state index in [0.29, 0.717) is 6.42 Å². The maximum atomic E-state index is 11.3. The summed E-state index contributed by atoms with van der Waals surface area (Å²) < 4.78 is 5.05. The quantitative estimate of drug-likeness (QED) is 0.634. The molecule has 1 rings (SSSR count). The van der Waals surface area contributed by atoms with Crippen LogP contribution in [0.25, 0.3) is 0 Å². The van der Waals surface area contributed by atoms with Gasteiger partial charge in [-0.05, 0) is 32.3 Å². The van der Waals surface area contributed by atoms with E-state index in [0.717, 1.165) is 37.8 Å².